The van der Waals surface area contributed by atoms with E-state index in [-0.39, 0.29) is 0 Å². The quantitative estimate of drug-likeness (QED) is 0.494. The van der Waals surface area contributed by atoms with Gasteiger partial charge in [0.1, 0.15) is 0 Å². The molecule has 0 fully saturated rings. The molecule has 0 bridgehead atoms. The van der Waals surface area contributed by atoms with E-state index in [0.29, 0.717) is 38.3 Å². The van der Waals surface area contributed by atoms with Crippen LogP contribution in [-0.2, 0) is 14.2 Å². The number of nitrogens with one attached hydrogen (secondary N) is 1. The molecule has 116 valence electrons. The van der Waals surface area contributed by atoms with Crippen molar-refractivity contribution in [3.05, 3.63) is 0 Å². The lowest BCUT2D eigenvalue weighted by Crippen LogP contribution is -2.24. The van der Waals surface area contributed by atoms with Crippen molar-refractivity contribution in [1.29, 1.82) is 0 Å². The molecular formula is C15H33NO3. The summed E-state index contributed by atoms with van der Waals surface area (Å²) in [5.41, 5.74) is 0. The van der Waals surface area contributed by atoms with Gasteiger partial charge in [-0.15, -0.1) is 0 Å². The van der Waals surface area contributed by atoms with Crippen molar-refractivity contribution in [2.75, 3.05) is 52.7 Å². The number of hydrogen-bond donors (Lipinski definition) is 1. The minimum Gasteiger partial charge on any atom is -0.379 e. The Morgan fingerprint density at radius 2 is 1.21 bits per heavy atom. The number of rotatable bonds is 14. The Balaban J connectivity index is 2.95. The standard InChI is InChI=1S/C15H33NO3/c1-14(2)5-7-17-9-11-19-12-10-18-8-6-16-13-15(3)4/h14-16H,5-13H2,1-4H3. The molecule has 0 aromatic rings. The van der Waals surface area contributed by atoms with Crippen LogP contribution in [0.2, 0.25) is 0 Å². The minimum atomic E-state index is 0.651. The van der Waals surface area contributed by atoms with Gasteiger partial charge >= 0.3 is 0 Å². The average Bonchev–Trinajstić information content (AvgIpc) is 2.34. The van der Waals surface area contributed by atoms with Crippen molar-refractivity contribution in [3.63, 3.8) is 0 Å². The molecule has 4 heteroatoms. The zero-order valence-electron chi connectivity index (χ0n) is 13.2. The maximum absolute atomic E-state index is 5.45. The van der Waals surface area contributed by atoms with Crippen molar-refractivity contribution in [3.8, 4) is 0 Å². The molecular weight excluding hydrogens is 242 g/mol. The molecule has 1 N–H and O–H groups in total. The molecule has 19 heavy (non-hydrogen) atoms. The van der Waals surface area contributed by atoms with E-state index in [2.05, 4.69) is 33.0 Å². The van der Waals surface area contributed by atoms with Crippen LogP contribution in [0.25, 0.3) is 0 Å². The molecule has 0 aromatic carbocycles. The molecule has 0 spiro atoms. The average molecular weight is 275 g/mol. The summed E-state index contributed by atoms with van der Waals surface area (Å²) in [6.45, 7) is 15.0. The second kappa shape index (κ2) is 14.3. The van der Waals surface area contributed by atoms with Crippen LogP contribution >= 0.6 is 0 Å². The molecule has 0 aliphatic heterocycles. The Bertz CT molecular complexity index is 157. The fraction of sp³-hybridized carbons (Fsp3) is 1.00. The van der Waals surface area contributed by atoms with Gasteiger partial charge in [-0.2, -0.15) is 0 Å². The molecule has 0 unspecified atom stereocenters. The van der Waals surface area contributed by atoms with Crippen LogP contribution in [0, 0.1) is 11.8 Å². The summed E-state index contributed by atoms with van der Waals surface area (Å²) in [5.74, 6) is 1.40. The van der Waals surface area contributed by atoms with Crippen LogP contribution in [0.3, 0.4) is 0 Å². The predicted molar refractivity (Wildman–Crippen MR) is 79.6 cm³/mol. The summed E-state index contributed by atoms with van der Waals surface area (Å²) >= 11 is 0. The van der Waals surface area contributed by atoms with Crippen molar-refractivity contribution in [2.24, 2.45) is 11.8 Å². The fourth-order valence-corrected chi connectivity index (χ4v) is 1.40. The van der Waals surface area contributed by atoms with Crippen molar-refractivity contribution in [2.45, 2.75) is 34.1 Å². The van der Waals surface area contributed by atoms with E-state index < -0.39 is 0 Å². The second-order valence-electron chi connectivity index (χ2n) is 5.62. The van der Waals surface area contributed by atoms with Crippen molar-refractivity contribution < 1.29 is 14.2 Å². The molecule has 0 saturated heterocycles. The molecule has 0 amide bonds. The second-order valence-corrected chi connectivity index (χ2v) is 5.62. The van der Waals surface area contributed by atoms with Gasteiger partial charge in [-0.1, -0.05) is 27.7 Å². The third-order valence-electron chi connectivity index (χ3n) is 2.56. The summed E-state index contributed by atoms with van der Waals surface area (Å²) in [5, 5.41) is 3.33. The van der Waals surface area contributed by atoms with E-state index in [1.165, 1.54) is 0 Å². The van der Waals surface area contributed by atoms with E-state index in [4.69, 9.17) is 14.2 Å². The highest BCUT2D eigenvalue weighted by Crippen LogP contribution is 1.98. The lowest BCUT2D eigenvalue weighted by atomic mass is 10.1. The van der Waals surface area contributed by atoms with Gasteiger partial charge in [-0.25, -0.2) is 0 Å². The molecule has 0 aliphatic carbocycles. The molecule has 0 atom stereocenters. The van der Waals surface area contributed by atoms with Gasteiger partial charge in [-0.05, 0) is 24.8 Å². The molecule has 0 radical (unpaired) electrons. The third kappa shape index (κ3) is 17.8. The Kier molecular flexibility index (Phi) is 14.1. The first-order chi connectivity index (χ1) is 9.13. The molecule has 0 aliphatic rings. The normalized spacial score (nSPS) is 11.7. The lowest BCUT2D eigenvalue weighted by Gasteiger charge is -2.09. The summed E-state index contributed by atoms with van der Waals surface area (Å²) in [6, 6.07) is 0. The van der Waals surface area contributed by atoms with Gasteiger partial charge in [0, 0.05) is 13.2 Å². The SMILES string of the molecule is CC(C)CCOCCOCCOCCNCC(C)C. The van der Waals surface area contributed by atoms with Gasteiger partial charge in [0.05, 0.1) is 33.0 Å². The van der Waals surface area contributed by atoms with Gasteiger partial charge < -0.3 is 19.5 Å². The van der Waals surface area contributed by atoms with E-state index >= 15 is 0 Å². The van der Waals surface area contributed by atoms with Gasteiger partial charge in [0.2, 0.25) is 0 Å². The summed E-state index contributed by atoms with van der Waals surface area (Å²) in [7, 11) is 0. The van der Waals surface area contributed by atoms with Crippen molar-refractivity contribution in [1.82, 2.24) is 5.32 Å². The van der Waals surface area contributed by atoms with E-state index in [1.807, 2.05) is 0 Å². The predicted octanol–water partition coefficient (Wildman–Crippen LogP) is 2.33. The highest BCUT2D eigenvalue weighted by atomic mass is 16.5. The summed E-state index contributed by atoms with van der Waals surface area (Å²) < 4.78 is 16.3. The van der Waals surface area contributed by atoms with Crippen LogP contribution in [-0.4, -0.2) is 52.7 Å². The fourth-order valence-electron chi connectivity index (χ4n) is 1.40. The summed E-state index contributed by atoms with van der Waals surface area (Å²) in [4.78, 5) is 0. The molecule has 0 rings (SSSR count). The molecule has 4 nitrogen and oxygen atoms in total. The first-order valence-electron chi connectivity index (χ1n) is 7.57. The van der Waals surface area contributed by atoms with Crippen LogP contribution in [0.5, 0.6) is 0 Å². The van der Waals surface area contributed by atoms with Crippen LogP contribution in [0.1, 0.15) is 34.1 Å². The first kappa shape index (κ1) is 18.8. The van der Waals surface area contributed by atoms with Gasteiger partial charge in [-0.3, -0.25) is 0 Å². The first-order valence-corrected chi connectivity index (χ1v) is 7.57. The Labute approximate surface area is 119 Å². The smallest absolute Gasteiger partial charge is 0.0701 e. The number of ether oxygens (including phenoxy) is 3. The largest absolute Gasteiger partial charge is 0.379 e. The maximum Gasteiger partial charge on any atom is 0.0701 e. The maximum atomic E-state index is 5.45. The van der Waals surface area contributed by atoms with E-state index in [1.54, 1.807) is 0 Å². The van der Waals surface area contributed by atoms with Crippen LogP contribution in [0.15, 0.2) is 0 Å². The van der Waals surface area contributed by atoms with Crippen LogP contribution < -0.4 is 5.32 Å². The number of hydrogen-bond acceptors (Lipinski definition) is 4. The molecule has 0 aromatic heterocycles. The Hall–Kier alpha value is -0.160. The third-order valence-corrected chi connectivity index (χ3v) is 2.56. The highest BCUT2D eigenvalue weighted by molar-refractivity contribution is 4.49. The minimum absolute atomic E-state index is 0.651. The van der Waals surface area contributed by atoms with Gasteiger partial charge in [0.25, 0.3) is 0 Å². The lowest BCUT2D eigenvalue weighted by molar-refractivity contribution is 0.0133. The van der Waals surface area contributed by atoms with E-state index in [9.17, 15) is 0 Å². The monoisotopic (exact) mass is 275 g/mol. The zero-order chi connectivity index (χ0) is 14.3. The Morgan fingerprint density at radius 1 is 0.684 bits per heavy atom. The highest BCUT2D eigenvalue weighted by Gasteiger charge is 1.95. The zero-order valence-corrected chi connectivity index (χ0v) is 13.2. The Morgan fingerprint density at radius 3 is 1.74 bits per heavy atom. The van der Waals surface area contributed by atoms with Gasteiger partial charge in [0.15, 0.2) is 0 Å². The summed E-state index contributed by atoms with van der Waals surface area (Å²) in [6.07, 6.45) is 1.12. The topological polar surface area (TPSA) is 39.7 Å². The van der Waals surface area contributed by atoms with E-state index in [0.717, 1.165) is 32.7 Å². The molecule has 0 heterocycles. The van der Waals surface area contributed by atoms with Crippen LogP contribution in [0.4, 0.5) is 0 Å². The molecule has 0 saturated carbocycles. The van der Waals surface area contributed by atoms with Crippen molar-refractivity contribution >= 4 is 0 Å².